The summed E-state index contributed by atoms with van der Waals surface area (Å²) in [6, 6.07) is 0. The van der Waals surface area contributed by atoms with Gasteiger partial charge in [-0.25, -0.2) is 4.79 Å². The van der Waals surface area contributed by atoms with E-state index in [1.54, 1.807) is 6.08 Å². The van der Waals surface area contributed by atoms with Crippen molar-refractivity contribution in [3.8, 4) is 0 Å². The second-order valence-electron chi connectivity index (χ2n) is 12.4. The largest absolute Gasteiger partial charge is 0.463 e. The zero-order chi connectivity index (χ0) is 35.0. The van der Waals surface area contributed by atoms with Crippen LogP contribution in [0.25, 0.3) is 0 Å². The van der Waals surface area contributed by atoms with Crippen LogP contribution in [0, 0.1) is 0 Å². The molecule has 258 valence electrons. The highest BCUT2D eigenvalue weighted by atomic mass is 16.5. The highest BCUT2D eigenvalue weighted by molar-refractivity contribution is 6.75. The van der Waals surface area contributed by atoms with Gasteiger partial charge in [0.15, 0.2) is 0 Å². The molecule has 0 fully saturated rings. The van der Waals surface area contributed by atoms with E-state index >= 15 is 0 Å². The maximum absolute atomic E-state index is 11.4. The van der Waals surface area contributed by atoms with Crippen LogP contribution in [0.15, 0.2) is 93.2 Å². The summed E-state index contributed by atoms with van der Waals surface area (Å²) in [7, 11) is 8.00. The Morgan fingerprint density at radius 1 is 0.565 bits per heavy atom. The lowest BCUT2D eigenvalue weighted by molar-refractivity contribution is -0.137. The third-order valence-corrected chi connectivity index (χ3v) is 6.62. The van der Waals surface area contributed by atoms with E-state index in [1.165, 1.54) is 39.0 Å². The topological polar surface area (TPSA) is 46.5 Å². The summed E-state index contributed by atoms with van der Waals surface area (Å²) in [6.45, 7) is 23.7. The third kappa shape index (κ3) is 39.5. The van der Waals surface area contributed by atoms with Gasteiger partial charge in [-0.3, -0.25) is 0 Å². The van der Waals surface area contributed by atoms with E-state index in [4.69, 9.17) is 9.84 Å². The van der Waals surface area contributed by atoms with Crippen LogP contribution in [0.4, 0.5) is 0 Å². The molecule has 4 radical (unpaired) electrons. The maximum atomic E-state index is 11.4. The Balaban J connectivity index is -0.000000359. The Morgan fingerprint density at radius 2 is 0.935 bits per heavy atom. The Morgan fingerprint density at radius 3 is 1.28 bits per heavy atom. The van der Waals surface area contributed by atoms with Crippen LogP contribution in [0.1, 0.15) is 148 Å². The van der Waals surface area contributed by atoms with E-state index < -0.39 is 0 Å². The molecule has 0 heterocycles. The van der Waals surface area contributed by atoms with Crippen molar-refractivity contribution in [3.05, 3.63) is 93.2 Å². The van der Waals surface area contributed by atoms with Gasteiger partial charge in [0.2, 0.25) is 0 Å². The van der Waals surface area contributed by atoms with Crippen molar-refractivity contribution in [3.63, 3.8) is 0 Å². The summed E-state index contributed by atoms with van der Waals surface area (Å²) in [5.74, 6) is -0.234. The molecule has 0 amide bonds. The van der Waals surface area contributed by atoms with Gasteiger partial charge in [-0.05, 0) is 140 Å². The number of carbonyl (C=O) groups is 1. The second kappa shape index (κ2) is 35.3. The lowest BCUT2D eigenvalue weighted by atomic mass is 9.81. The van der Waals surface area contributed by atoms with Gasteiger partial charge in [0, 0.05) is 21.6 Å². The standard InChI is InChI=1S/C21H34O2.C19H32O.CH4.B2/c1-7-23-21(22)16-19(6)11-9-13-20(15-14-18(4)5)12-8-10-17(2)3;1-16(2)8-6-10-19(13-12-17(3)4)11-7-9-18(5)14-15-20;;1-2/h10,13-14,16H,7-9,11-12,15H2,1-6H3;8,11-12,14,20H,6-7,9-10,13,15H2,1-5H3;1H4;/b19-16+,20-13-;18-14+,19-11-;;. The zero-order valence-corrected chi connectivity index (χ0v) is 31.0. The number of aliphatic hydroxyl groups excluding tert-OH is 1. The van der Waals surface area contributed by atoms with Gasteiger partial charge in [-0.2, -0.15) is 0 Å². The fraction of sp³-hybridized carbons (Fsp3) is 0.585. The molecule has 0 atom stereocenters. The summed E-state index contributed by atoms with van der Waals surface area (Å²) in [5, 5.41) is 8.85. The van der Waals surface area contributed by atoms with Crippen LogP contribution in [0.2, 0.25) is 0 Å². The molecule has 5 heteroatoms. The molecule has 0 saturated carbocycles. The predicted octanol–water partition coefficient (Wildman–Crippen LogP) is 11.9. The van der Waals surface area contributed by atoms with Crippen molar-refractivity contribution in [1.82, 2.24) is 0 Å². The normalized spacial score (nSPS) is 11.4. The van der Waals surface area contributed by atoms with E-state index in [0.717, 1.165) is 69.8 Å². The molecular weight excluding hydrogens is 562 g/mol. The van der Waals surface area contributed by atoms with Crippen molar-refractivity contribution < 1.29 is 14.6 Å². The number of allylic oxidation sites excluding steroid dienone is 14. The first-order chi connectivity index (χ1) is 21.3. The Bertz CT molecular complexity index is 1020. The second-order valence-corrected chi connectivity index (χ2v) is 12.4. The Kier molecular flexibility index (Phi) is 38.7. The summed E-state index contributed by atoms with van der Waals surface area (Å²) in [4.78, 5) is 11.4. The third-order valence-electron chi connectivity index (χ3n) is 6.62. The molecule has 0 saturated heterocycles. The SMILES string of the molecule is C.CC(C)=CCC/C(=C/CC/C(C)=C/CO)CC=C(C)C.CCOC(=O)/C=C(\C)CC/C=C(\CC=C(C)C)CCC=C(C)C.[B][B]. The summed E-state index contributed by atoms with van der Waals surface area (Å²) in [6.07, 6.45) is 28.0. The number of carbonyl (C=O) groups excluding carboxylic acids is 1. The molecule has 0 unspecified atom stereocenters. The first-order valence-electron chi connectivity index (χ1n) is 16.6. The summed E-state index contributed by atoms with van der Waals surface area (Å²) < 4.78 is 4.94. The number of ether oxygens (including phenoxy) is 1. The van der Waals surface area contributed by atoms with Crippen molar-refractivity contribution >= 4 is 21.4 Å². The van der Waals surface area contributed by atoms with Crippen LogP contribution >= 0.6 is 0 Å². The molecule has 0 rings (SSSR count). The first-order valence-corrected chi connectivity index (χ1v) is 16.6. The minimum absolute atomic E-state index is 0. The van der Waals surface area contributed by atoms with Crippen LogP contribution in [-0.4, -0.2) is 39.8 Å². The lowest BCUT2D eigenvalue weighted by Gasteiger charge is -2.05. The molecule has 0 spiro atoms. The Labute approximate surface area is 289 Å². The van der Waals surface area contributed by atoms with E-state index in [9.17, 15) is 4.79 Å². The highest BCUT2D eigenvalue weighted by Gasteiger charge is 2.00. The van der Waals surface area contributed by atoms with Gasteiger partial charge in [-0.1, -0.05) is 94.5 Å². The van der Waals surface area contributed by atoms with Crippen LogP contribution in [0.3, 0.4) is 0 Å². The van der Waals surface area contributed by atoms with Gasteiger partial charge in [0.25, 0.3) is 0 Å². The van der Waals surface area contributed by atoms with Gasteiger partial charge in [0.1, 0.15) is 0 Å². The predicted molar refractivity (Wildman–Crippen MR) is 210 cm³/mol. The van der Waals surface area contributed by atoms with E-state index in [2.05, 4.69) is 114 Å². The molecule has 3 nitrogen and oxygen atoms in total. The van der Waals surface area contributed by atoms with Gasteiger partial charge >= 0.3 is 5.97 Å². The number of hydrogen-bond acceptors (Lipinski definition) is 3. The molecular formula is C41H70B2O3. The molecule has 0 aliphatic heterocycles. The van der Waals surface area contributed by atoms with Gasteiger partial charge < -0.3 is 9.84 Å². The molecule has 1 N–H and O–H groups in total. The molecule has 0 aliphatic rings. The highest BCUT2D eigenvalue weighted by Crippen LogP contribution is 2.18. The van der Waals surface area contributed by atoms with Crippen molar-refractivity contribution in [1.29, 1.82) is 0 Å². The quantitative estimate of drug-likeness (QED) is 0.0667. The van der Waals surface area contributed by atoms with Crippen molar-refractivity contribution in [2.24, 2.45) is 0 Å². The number of rotatable bonds is 19. The Hall–Kier alpha value is -2.52. The zero-order valence-electron chi connectivity index (χ0n) is 31.0. The summed E-state index contributed by atoms with van der Waals surface area (Å²) >= 11 is 0. The van der Waals surface area contributed by atoms with Crippen LogP contribution in [-0.2, 0) is 9.53 Å². The molecule has 0 aromatic carbocycles. The maximum Gasteiger partial charge on any atom is 0.330 e. The number of aliphatic hydroxyl groups is 1. The van der Waals surface area contributed by atoms with Crippen LogP contribution < -0.4 is 0 Å². The van der Waals surface area contributed by atoms with E-state index in [0.29, 0.717) is 6.61 Å². The van der Waals surface area contributed by atoms with E-state index in [-0.39, 0.29) is 20.0 Å². The van der Waals surface area contributed by atoms with Crippen molar-refractivity contribution in [2.45, 2.75) is 148 Å². The monoisotopic (exact) mass is 633 g/mol. The smallest absolute Gasteiger partial charge is 0.330 e. The number of esters is 1. The van der Waals surface area contributed by atoms with Crippen LogP contribution in [0.5, 0.6) is 0 Å². The van der Waals surface area contributed by atoms with Crippen molar-refractivity contribution in [2.75, 3.05) is 13.2 Å². The fourth-order valence-corrected chi connectivity index (χ4v) is 4.06. The molecule has 0 aliphatic carbocycles. The minimum atomic E-state index is -0.234. The lowest BCUT2D eigenvalue weighted by Crippen LogP contribution is -2.00. The minimum Gasteiger partial charge on any atom is -0.463 e. The van der Waals surface area contributed by atoms with Gasteiger partial charge in [0.05, 0.1) is 13.2 Å². The van der Waals surface area contributed by atoms with E-state index in [1.807, 2.05) is 19.9 Å². The number of hydrogen-bond donors (Lipinski definition) is 1. The molecule has 0 aromatic heterocycles. The molecule has 46 heavy (non-hydrogen) atoms. The summed E-state index contributed by atoms with van der Waals surface area (Å²) in [5.41, 5.74) is 10.9. The molecule has 0 bridgehead atoms. The average Bonchev–Trinajstić information content (AvgIpc) is 2.95. The fourth-order valence-electron chi connectivity index (χ4n) is 4.06. The van der Waals surface area contributed by atoms with Gasteiger partial charge in [-0.15, -0.1) is 0 Å². The average molecular weight is 633 g/mol. The first kappa shape index (κ1) is 50.3. The molecule has 0 aromatic rings.